The second-order valence-corrected chi connectivity index (χ2v) is 7.21. The summed E-state index contributed by atoms with van der Waals surface area (Å²) in [4.78, 5) is 8.92. The highest BCUT2D eigenvalue weighted by Gasteiger charge is 2.26. The van der Waals surface area contributed by atoms with Gasteiger partial charge in [0.05, 0.1) is 0 Å². The molecule has 1 heterocycles. The van der Waals surface area contributed by atoms with Crippen LogP contribution in [0, 0.1) is 0 Å². The SMILES string of the molecule is OB(O)c1cnc(C2CCCc3ccc4c(ccc5ccccc54)c32)nc1. The molecule has 27 heavy (non-hydrogen) atoms. The van der Waals surface area contributed by atoms with Crippen molar-refractivity contribution in [1.29, 1.82) is 0 Å². The van der Waals surface area contributed by atoms with E-state index in [2.05, 4.69) is 58.5 Å². The molecule has 0 bridgehead atoms. The maximum absolute atomic E-state index is 9.30. The molecule has 1 aliphatic carbocycles. The Bertz CT molecular complexity index is 1140. The fourth-order valence-corrected chi connectivity index (χ4v) is 4.35. The number of hydrogen-bond acceptors (Lipinski definition) is 4. The van der Waals surface area contributed by atoms with Crippen LogP contribution >= 0.6 is 0 Å². The second kappa shape index (κ2) is 6.45. The lowest BCUT2D eigenvalue weighted by atomic mass is 9.78. The highest BCUT2D eigenvalue weighted by Crippen LogP contribution is 2.41. The molecular formula is C22H19BN2O2. The fraction of sp³-hybridized carbons (Fsp3) is 0.182. The van der Waals surface area contributed by atoms with Crippen LogP contribution in [-0.4, -0.2) is 27.1 Å². The average Bonchev–Trinajstić information content (AvgIpc) is 2.73. The van der Waals surface area contributed by atoms with E-state index in [-0.39, 0.29) is 5.92 Å². The quantitative estimate of drug-likeness (QED) is 0.429. The van der Waals surface area contributed by atoms with Gasteiger partial charge in [-0.25, -0.2) is 9.97 Å². The van der Waals surface area contributed by atoms with Gasteiger partial charge in [0.15, 0.2) is 0 Å². The van der Waals surface area contributed by atoms with Gasteiger partial charge in [0.25, 0.3) is 0 Å². The number of hydrogen-bond donors (Lipinski definition) is 2. The maximum Gasteiger partial charge on any atom is 0.491 e. The molecule has 132 valence electrons. The zero-order valence-electron chi connectivity index (χ0n) is 14.8. The molecule has 5 rings (SSSR count). The van der Waals surface area contributed by atoms with Gasteiger partial charge in [-0.05, 0) is 51.9 Å². The predicted octanol–water partition coefficient (Wildman–Crippen LogP) is 2.93. The minimum Gasteiger partial charge on any atom is -0.423 e. The van der Waals surface area contributed by atoms with E-state index in [4.69, 9.17) is 0 Å². The van der Waals surface area contributed by atoms with E-state index < -0.39 is 7.12 Å². The number of rotatable bonds is 2. The largest absolute Gasteiger partial charge is 0.491 e. The number of nitrogens with zero attached hydrogens (tertiary/aromatic N) is 2. The summed E-state index contributed by atoms with van der Waals surface area (Å²) in [7, 11) is -1.54. The van der Waals surface area contributed by atoms with Gasteiger partial charge >= 0.3 is 7.12 Å². The van der Waals surface area contributed by atoms with Crippen LogP contribution in [-0.2, 0) is 6.42 Å². The van der Waals surface area contributed by atoms with Crippen molar-refractivity contribution in [3.63, 3.8) is 0 Å². The zero-order valence-corrected chi connectivity index (χ0v) is 14.8. The van der Waals surface area contributed by atoms with E-state index in [1.54, 1.807) is 0 Å². The van der Waals surface area contributed by atoms with Crippen LogP contribution in [0.2, 0.25) is 0 Å². The van der Waals surface area contributed by atoms with Crippen molar-refractivity contribution in [3.05, 3.63) is 77.9 Å². The molecule has 4 nitrogen and oxygen atoms in total. The molecule has 0 fully saturated rings. The molecule has 1 atom stereocenters. The van der Waals surface area contributed by atoms with Gasteiger partial charge in [0.1, 0.15) is 5.82 Å². The van der Waals surface area contributed by atoms with Gasteiger partial charge in [-0.2, -0.15) is 0 Å². The summed E-state index contributed by atoms with van der Waals surface area (Å²) in [6.07, 6.45) is 6.20. The topological polar surface area (TPSA) is 66.2 Å². The van der Waals surface area contributed by atoms with Crippen molar-refractivity contribution in [1.82, 2.24) is 9.97 Å². The Morgan fingerprint density at radius 1 is 0.852 bits per heavy atom. The third-order valence-electron chi connectivity index (χ3n) is 5.65. The Balaban J connectivity index is 1.72. The van der Waals surface area contributed by atoms with Crippen LogP contribution in [0.3, 0.4) is 0 Å². The highest BCUT2D eigenvalue weighted by atomic mass is 16.4. The van der Waals surface area contributed by atoms with Crippen LogP contribution in [0.4, 0.5) is 0 Å². The van der Waals surface area contributed by atoms with Gasteiger partial charge in [-0.1, -0.05) is 48.5 Å². The third kappa shape index (κ3) is 2.71. The van der Waals surface area contributed by atoms with Crippen LogP contribution < -0.4 is 5.46 Å². The molecule has 1 aliphatic rings. The van der Waals surface area contributed by atoms with E-state index in [0.29, 0.717) is 5.46 Å². The van der Waals surface area contributed by atoms with Gasteiger partial charge < -0.3 is 10.0 Å². The summed E-state index contributed by atoms with van der Waals surface area (Å²) in [5, 5.41) is 23.6. The van der Waals surface area contributed by atoms with E-state index in [0.717, 1.165) is 25.1 Å². The molecular weight excluding hydrogens is 335 g/mol. The van der Waals surface area contributed by atoms with Crippen molar-refractivity contribution >= 4 is 34.1 Å². The van der Waals surface area contributed by atoms with E-state index in [1.165, 1.54) is 45.1 Å². The fourth-order valence-electron chi connectivity index (χ4n) is 4.35. The molecule has 3 aromatic carbocycles. The standard InChI is InChI=1S/C22H19BN2O2/c26-23(27)16-12-24-22(25-13-16)20-7-3-5-15-9-10-18-17-6-2-1-4-14(17)8-11-19(18)21(15)20/h1-2,4,6,8-13,20,26-27H,3,5,7H2. The Morgan fingerprint density at radius 3 is 2.44 bits per heavy atom. The van der Waals surface area contributed by atoms with E-state index in [1.807, 2.05) is 0 Å². The van der Waals surface area contributed by atoms with Crippen LogP contribution in [0.1, 0.15) is 35.7 Å². The second-order valence-electron chi connectivity index (χ2n) is 7.21. The zero-order chi connectivity index (χ0) is 18.4. The normalized spacial score (nSPS) is 16.4. The molecule has 4 aromatic rings. The first kappa shape index (κ1) is 16.4. The first-order chi connectivity index (χ1) is 13.2. The first-order valence-electron chi connectivity index (χ1n) is 9.33. The monoisotopic (exact) mass is 354 g/mol. The first-order valence-corrected chi connectivity index (χ1v) is 9.33. The third-order valence-corrected chi connectivity index (χ3v) is 5.65. The maximum atomic E-state index is 9.30. The lowest BCUT2D eigenvalue weighted by Crippen LogP contribution is -2.31. The van der Waals surface area contributed by atoms with Crippen LogP contribution in [0.5, 0.6) is 0 Å². The summed E-state index contributed by atoms with van der Waals surface area (Å²) < 4.78 is 0. The summed E-state index contributed by atoms with van der Waals surface area (Å²) in [6, 6.07) is 17.4. The Hall–Kier alpha value is -2.76. The molecule has 0 spiro atoms. The van der Waals surface area contributed by atoms with Gasteiger partial charge in [0, 0.05) is 23.8 Å². The van der Waals surface area contributed by atoms with Gasteiger partial charge in [-0.3, -0.25) is 0 Å². The minimum absolute atomic E-state index is 0.128. The van der Waals surface area contributed by atoms with Crippen molar-refractivity contribution in [2.45, 2.75) is 25.2 Å². The molecule has 5 heteroatoms. The smallest absolute Gasteiger partial charge is 0.423 e. The molecule has 0 saturated heterocycles. The Kier molecular flexibility index (Phi) is 3.92. The van der Waals surface area contributed by atoms with Crippen LogP contribution in [0.25, 0.3) is 21.5 Å². The van der Waals surface area contributed by atoms with E-state index >= 15 is 0 Å². The Labute approximate surface area is 157 Å². The molecule has 0 aliphatic heterocycles. The number of aryl methyl sites for hydroxylation is 1. The highest BCUT2D eigenvalue weighted by molar-refractivity contribution is 6.58. The van der Waals surface area contributed by atoms with Crippen molar-refractivity contribution < 1.29 is 10.0 Å². The molecule has 2 N–H and O–H groups in total. The van der Waals surface area contributed by atoms with Crippen molar-refractivity contribution in [3.8, 4) is 0 Å². The molecule has 1 unspecified atom stereocenters. The summed E-state index contributed by atoms with van der Waals surface area (Å²) >= 11 is 0. The van der Waals surface area contributed by atoms with E-state index in [9.17, 15) is 10.0 Å². The molecule has 1 aromatic heterocycles. The molecule has 0 saturated carbocycles. The summed E-state index contributed by atoms with van der Waals surface area (Å²) in [5.74, 6) is 0.879. The lowest BCUT2D eigenvalue weighted by Gasteiger charge is -2.26. The number of benzene rings is 3. The number of aromatic nitrogens is 2. The van der Waals surface area contributed by atoms with Gasteiger partial charge in [0.2, 0.25) is 0 Å². The van der Waals surface area contributed by atoms with Gasteiger partial charge in [-0.15, -0.1) is 0 Å². The average molecular weight is 354 g/mol. The van der Waals surface area contributed by atoms with Crippen molar-refractivity contribution in [2.24, 2.45) is 0 Å². The summed E-state index contributed by atoms with van der Waals surface area (Å²) in [6.45, 7) is 0. The number of fused-ring (bicyclic) bond motifs is 5. The Morgan fingerprint density at radius 2 is 1.63 bits per heavy atom. The predicted molar refractivity (Wildman–Crippen MR) is 108 cm³/mol. The molecule has 0 amide bonds. The van der Waals surface area contributed by atoms with Crippen LogP contribution in [0.15, 0.2) is 60.9 Å². The van der Waals surface area contributed by atoms with Crippen molar-refractivity contribution in [2.75, 3.05) is 0 Å². The minimum atomic E-state index is -1.54. The lowest BCUT2D eigenvalue weighted by molar-refractivity contribution is 0.425. The molecule has 0 radical (unpaired) electrons. The summed E-state index contributed by atoms with van der Waals surface area (Å²) in [5.41, 5.74) is 3.00.